The highest BCUT2D eigenvalue weighted by molar-refractivity contribution is 5.81. The van der Waals surface area contributed by atoms with Crippen molar-refractivity contribution in [3.05, 3.63) is 35.9 Å². The Hall–Kier alpha value is -1.86. The third kappa shape index (κ3) is 5.50. The van der Waals surface area contributed by atoms with E-state index in [-0.39, 0.29) is 18.5 Å². The third-order valence-corrected chi connectivity index (χ3v) is 4.35. The molecular weight excluding hydrogens is 274 g/mol. The van der Waals surface area contributed by atoms with Crippen molar-refractivity contribution in [2.24, 2.45) is 5.92 Å². The molecule has 22 heavy (non-hydrogen) atoms. The van der Waals surface area contributed by atoms with Gasteiger partial charge in [-0.3, -0.25) is 4.79 Å². The third-order valence-electron chi connectivity index (χ3n) is 4.35. The van der Waals surface area contributed by atoms with E-state index in [2.05, 4.69) is 22.8 Å². The van der Waals surface area contributed by atoms with Gasteiger partial charge in [-0.2, -0.15) is 5.26 Å². The van der Waals surface area contributed by atoms with Gasteiger partial charge < -0.3 is 10.6 Å². The van der Waals surface area contributed by atoms with Gasteiger partial charge in [0.05, 0.1) is 12.1 Å². The van der Waals surface area contributed by atoms with E-state index in [0.717, 1.165) is 6.42 Å². The molecule has 2 rings (SSSR count). The van der Waals surface area contributed by atoms with Crippen LogP contribution in [-0.4, -0.2) is 18.5 Å². The molecule has 1 atom stereocenters. The van der Waals surface area contributed by atoms with Gasteiger partial charge in [0.1, 0.15) is 6.54 Å². The minimum absolute atomic E-state index is 0.0527. The Bertz CT molecular complexity index is 489. The molecule has 2 N–H and O–H groups in total. The number of carbonyl (C=O) groups is 1. The summed E-state index contributed by atoms with van der Waals surface area (Å²) in [5.74, 6) is 0.568. The van der Waals surface area contributed by atoms with E-state index in [4.69, 9.17) is 5.26 Å². The average Bonchev–Trinajstić information content (AvgIpc) is 2.58. The van der Waals surface area contributed by atoms with Crippen LogP contribution in [0.5, 0.6) is 0 Å². The van der Waals surface area contributed by atoms with Crippen molar-refractivity contribution in [3.63, 3.8) is 0 Å². The molecule has 0 radical (unpaired) electrons. The van der Waals surface area contributed by atoms with Crippen molar-refractivity contribution < 1.29 is 4.79 Å². The number of nitrogens with zero attached hydrogens (tertiary/aromatic N) is 1. The van der Waals surface area contributed by atoms with Gasteiger partial charge in [0.15, 0.2) is 0 Å². The Balaban J connectivity index is 1.91. The Morgan fingerprint density at radius 2 is 1.95 bits per heavy atom. The molecule has 4 nitrogen and oxygen atoms in total. The molecule has 0 saturated heterocycles. The number of rotatable bonds is 7. The monoisotopic (exact) mass is 299 g/mol. The van der Waals surface area contributed by atoms with Crippen molar-refractivity contribution in [1.82, 2.24) is 10.6 Å². The van der Waals surface area contributed by atoms with Crippen LogP contribution in [0.15, 0.2) is 30.3 Å². The van der Waals surface area contributed by atoms with Crippen LogP contribution in [-0.2, 0) is 11.3 Å². The number of nitrogens with one attached hydrogen (secondary N) is 2. The van der Waals surface area contributed by atoms with Crippen LogP contribution in [0, 0.1) is 17.2 Å². The average molecular weight is 299 g/mol. The Labute approximate surface area is 132 Å². The lowest BCUT2D eigenvalue weighted by atomic mass is 9.84. The number of carbonyl (C=O) groups excluding carboxylic acids is 1. The first kappa shape index (κ1) is 16.5. The standard InChI is InChI=1S/C18H25N3O/c19-11-12-20-18(22)17(13-15-7-3-1-4-8-15)21-14-16-9-5-2-6-10-16/h2,5-6,9-10,15,17,21H,1,3-4,7-8,12-14H2,(H,20,22). The van der Waals surface area contributed by atoms with Gasteiger partial charge in [-0.05, 0) is 17.9 Å². The van der Waals surface area contributed by atoms with Crippen LogP contribution in [0.3, 0.4) is 0 Å². The van der Waals surface area contributed by atoms with Gasteiger partial charge in [-0.25, -0.2) is 0 Å². The fourth-order valence-corrected chi connectivity index (χ4v) is 3.13. The molecule has 0 heterocycles. The van der Waals surface area contributed by atoms with Crippen molar-refractivity contribution in [1.29, 1.82) is 5.26 Å². The fourth-order valence-electron chi connectivity index (χ4n) is 3.13. The van der Waals surface area contributed by atoms with E-state index < -0.39 is 0 Å². The largest absolute Gasteiger partial charge is 0.342 e. The lowest BCUT2D eigenvalue weighted by Gasteiger charge is -2.26. The van der Waals surface area contributed by atoms with Crippen molar-refractivity contribution in [2.75, 3.05) is 6.54 Å². The molecule has 1 aromatic rings. The predicted molar refractivity (Wildman–Crippen MR) is 86.9 cm³/mol. The van der Waals surface area contributed by atoms with E-state index in [1.54, 1.807) is 0 Å². The van der Waals surface area contributed by atoms with Crippen LogP contribution in [0.4, 0.5) is 0 Å². The molecule has 1 unspecified atom stereocenters. The van der Waals surface area contributed by atoms with Gasteiger partial charge in [0, 0.05) is 6.54 Å². The minimum Gasteiger partial charge on any atom is -0.342 e. The second kappa shape index (κ2) is 9.22. The van der Waals surface area contributed by atoms with Crippen molar-refractivity contribution >= 4 is 5.91 Å². The molecule has 1 fully saturated rings. The lowest BCUT2D eigenvalue weighted by Crippen LogP contribution is -2.45. The fraction of sp³-hybridized carbons (Fsp3) is 0.556. The summed E-state index contributed by atoms with van der Waals surface area (Å²) in [5.41, 5.74) is 1.17. The zero-order valence-corrected chi connectivity index (χ0v) is 13.1. The molecule has 1 aliphatic carbocycles. The SMILES string of the molecule is N#CCNC(=O)C(CC1CCCCC1)NCc1ccccc1. The van der Waals surface area contributed by atoms with Gasteiger partial charge in [-0.15, -0.1) is 0 Å². The summed E-state index contributed by atoms with van der Waals surface area (Å²) in [4.78, 5) is 12.3. The van der Waals surface area contributed by atoms with Gasteiger partial charge >= 0.3 is 0 Å². The molecule has 118 valence electrons. The van der Waals surface area contributed by atoms with Crippen LogP contribution in [0.25, 0.3) is 0 Å². The van der Waals surface area contributed by atoms with E-state index in [1.807, 2.05) is 24.3 Å². The predicted octanol–water partition coefficient (Wildman–Crippen LogP) is 2.75. The zero-order chi connectivity index (χ0) is 15.6. The highest BCUT2D eigenvalue weighted by atomic mass is 16.2. The molecule has 0 aromatic heterocycles. The summed E-state index contributed by atoms with van der Waals surface area (Å²) in [6.07, 6.45) is 7.17. The molecule has 0 spiro atoms. The maximum absolute atomic E-state index is 12.3. The molecular formula is C18H25N3O. The van der Waals surface area contributed by atoms with Crippen LogP contribution < -0.4 is 10.6 Å². The number of nitriles is 1. The summed E-state index contributed by atoms with van der Waals surface area (Å²) < 4.78 is 0. The highest BCUT2D eigenvalue weighted by Gasteiger charge is 2.23. The van der Waals surface area contributed by atoms with E-state index in [9.17, 15) is 4.79 Å². The molecule has 1 saturated carbocycles. The van der Waals surface area contributed by atoms with Crippen LogP contribution in [0.2, 0.25) is 0 Å². The summed E-state index contributed by atoms with van der Waals surface area (Å²) in [6.45, 7) is 0.755. The van der Waals surface area contributed by atoms with Crippen molar-refractivity contribution in [3.8, 4) is 6.07 Å². The summed E-state index contributed by atoms with van der Waals surface area (Å²) in [6, 6.07) is 11.9. The Morgan fingerprint density at radius 1 is 1.23 bits per heavy atom. The molecule has 1 amide bonds. The van der Waals surface area contributed by atoms with Crippen LogP contribution >= 0.6 is 0 Å². The quantitative estimate of drug-likeness (QED) is 0.761. The smallest absolute Gasteiger partial charge is 0.237 e. The van der Waals surface area contributed by atoms with Gasteiger partial charge in [0.25, 0.3) is 0 Å². The second-order valence-electron chi connectivity index (χ2n) is 6.03. The maximum atomic E-state index is 12.3. The number of benzene rings is 1. The number of hydrogen-bond acceptors (Lipinski definition) is 3. The molecule has 1 aromatic carbocycles. The Morgan fingerprint density at radius 3 is 2.64 bits per heavy atom. The van der Waals surface area contributed by atoms with E-state index >= 15 is 0 Å². The highest BCUT2D eigenvalue weighted by Crippen LogP contribution is 2.27. The molecule has 1 aliphatic rings. The first-order chi connectivity index (χ1) is 10.8. The number of hydrogen-bond donors (Lipinski definition) is 2. The topological polar surface area (TPSA) is 64.9 Å². The normalized spacial score (nSPS) is 16.7. The lowest BCUT2D eigenvalue weighted by molar-refractivity contribution is -0.123. The Kier molecular flexibility index (Phi) is 6.92. The maximum Gasteiger partial charge on any atom is 0.237 e. The summed E-state index contributed by atoms with van der Waals surface area (Å²) in [7, 11) is 0. The second-order valence-corrected chi connectivity index (χ2v) is 6.03. The van der Waals surface area contributed by atoms with E-state index in [1.165, 1.54) is 37.7 Å². The summed E-state index contributed by atoms with van der Waals surface area (Å²) in [5, 5.41) is 14.7. The van der Waals surface area contributed by atoms with Gasteiger partial charge in [-0.1, -0.05) is 62.4 Å². The van der Waals surface area contributed by atoms with Gasteiger partial charge in [0.2, 0.25) is 5.91 Å². The summed E-state index contributed by atoms with van der Waals surface area (Å²) >= 11 is 0. The molecule has 0 aliphatic heterocycles. The first-order valence-corrected chi connectivity index (χ1v) is 8.21. The van der Waals surface area contributed by atoms with Crippen LogP contribution in [0.1, 0.15) is 44.1 Å². The molecule has 4 heteroatoms. The molecule has 0 bridgehead atoms. The van der Waals surface area contributed by atoms with Crippen molar-refractivity contribution in [2.45, 2.75) is 51.1 Å². The number of amides is 1. The zero-order valence-electron chi connectivity index (χ0n) is 13.1. The minimum atomic E-state index is -0.211. The van der Waals surface area contributed by atoms with E-state index in [0.29, 0.717) is 12.5 Å². The first-order valence-electron chi connectivity index (χ1n) is 8.21.